The first-order valence-corrected chi connectivity index (χ1v) is 10.6. The van der Waals surface area contributed by atoms with Crippen molar-refractivity contribution in [3.05, 3.63) is 69.8 Å². The largest absolute Gasteiger partial charge is 0.392 e. The molecule has 1 saturated heterocycles. The van der Waals surface area contributed by atoms with Gasteiger partial charge in [0, 0.05) is 50.1 Å². The average molecular weight is 442 g/mol. The molecule has 1 fully saturated rings. The van der Waals surface area contributed by atoms with Crippen LogP contribution in [0.15, 0.2) is 58.3 Å². The number of hydrogen-bond donors (Lipinski definition) is 1. The predicted octanol–water partition coefficient (Wildman–Crippen LogP) is 2.94. The van der Waals surface area contributed by atoms with Crippen LogP contribution in [0.4, 0.5) is 5.69 Å². The summed E-state index contributed by atoms with van der Waals surface area (Å²) in [7, 11) is 0. The Balaban J connectivity index is 1.73. The Hall–Kier alpha value is -3.17. The molecule has 0 bridgehead atoms. The van der Waals surface area contributed by atoms with Gasteiger partial charge in [0.05, 0.1) is 16.4 Å². The maximum atomic E-state index is 12.4. The van der Waals surface area contributed by atoms with Gasteiger partial charge in [-0.2, -0.15) is 0 Å². The van der Waals surface area contributed by atoms with Gasteiger partial charge in [0.1, 0.15) is 0 Å². The van der Waals surface area contributed by atoms with Gasteiger partial charge >= 0.3 is 0 Å². The fourth-order valence-electron chi connectivity index (χ4n) is 3.23. The first kappa shape index (κ1) is 22.5. The van der Waals surface area contributed by atoms with Crippen LogP contribution in [0.25, 0.3) is 6.08 Å². The molecule has 8 nitrogen and oxygen atoms in total. The van der Waals surface area contributed by atoms with Crippen LogP contribution in [0.2, 0.25) is 0 Å². The summed E-state index contributed by atoms with van der Waals surface area (Å²) >= 11 is 1.22. The minimum Gasteiger partial charge on any atom is -0.392 e. The standard InChI is InChI=1S/C22H23N3O5S/c1-16(27)23-10-12-24(13-11-23)22(28)9-7-17-6-8-21(19(14-17)25(29)30)31-20-5-3-2-4-18(20)15-26/h2-9,14,26H,10-13,15H2,1H3. The molecule has 0 radical (unpaired) electrons. The highest BCUT2D eigenvalue weighted by Gasteiger charge is 2.21. The first-order valence-electron chi connectivity index (χ1n) is 9.76. The van der Waals surface area contributed by atoms with E-state index in [0.717, 1.165) is 4.90 Å². The zero-order valence-corrected chi connectivity index (χ0v) is 17.9. The molecule has 1 aliphatic heterocycles. The summed E-state index contributed by atoms with van der Waals surface area (Å²) < 4.78 is 0. The van der Waals surface area contributed by atoms with E-state index in [-0.39, 0.29) is 24.1 Å². The Morgan fingerprint density at radius 1 is 1.10 bits per heavy atom. The second-order valence-corrected chi connectivity index (χ2v) is 8.10. The molecule has 0 saturated carbocycles. The summed E-state index contributed by atoms with van der Waals surface area (Å²) in [4.78, 5) is 39.5. The smallest absolute Gasteiger partial charge is 0.283 e. The van der Waals surface area contributed by atoms with Gasteiger partial charge in [-0.15, -0.1) is 0 Å². The van der Waals surface area contributed by atoms with Crippen LogP contribution in [0.5, 0.6) is 0 Å². The molecule has 31 heavy (non-hydrogen) atoms. The predicted molar refractivity (Wildman–Crippen MR) is 117 cm³/mol. The Morgan fingerprint density at radius 2 is 1.77 bits per heavy atom. The summed E-state index contributed by atoms with van der Waals surface area (Å²) in [5.41, 5.74) is 1.17. The lowest BCUT2D eigenvalue weighted by Crippen LogP contribution is -2.49. The maximum Gasteiger partial charge on any atom is 0.283 e. The van der Waals surface area contributed by atoms with Crippen molar-refractivity contribution in [2.24, 2.45) is 0 Å². The number of piperazine rings is 1. The van der Waals surface area contributed by atoms with Crippen LogP contribution in [0.1, 0.15) is 18.1 Å². The van der Waals surface area contributed by atoms with E-state index in [0.29, 0.717) is 42.2 Å². The van der Waals surface area contributed by atoms with Crippen molar-refractivity contribution in [3.63, 3.8) is 0 Å². The Kier molecular flexibility index (Phi) is 7.43. The van der Waals surface area contributed by atoms with E-state index >= 15 is 0 Å². The van der Waals surface area contributed by atoms with E-state index in [1.807, 2.05) is 6.07 Å². The Bertz CT molecular complexity index is 1020. The van der Waals surface area contributed by atoms with E-state index < -0.39 is 4.92 Å². The van der Waals surface area contributed by atoms with Crippen LogP contribution in [0.3, 0.4) is 0 Å². The molecule has 2 amide bonds. The van der Waals surface area contributed by atoms with Crippen LogP contribution in [0, 0.1) is 10.1 Å². The molecule has 0 spiro atoms. The van der Waals surface area contributed by atoms with Gasteiger partial charge in [0.25, 0.3) is 5.69 Å². The number of nitrogens with zero attached hydrogens (tertiary/aromatic N) is 3. The molecule has 0 aliphatic carbocycles. The van der Waals surface area contributed by atoms with Gasteiger partial charge < -0.3 is 14.9 Å². The molecule has 0 atom stereocenters. The quantitative estimate of drug-likeness (QED) is 0.420. The topological polar surface area (TPSA) is 104 Å². The molecular formula is C22H23N3O5S. The Morgan fingerprint density at radius 3 is 2.42 bits per heavy atom. The van der Waals surface area contributed by atoms with Gasteiger partial charge in [0.15, 0.2) is 0 Å². The zero-order valence-electron chi connectivity index (χ0n) is 17.1. The minimum atomic E-state index is -0.454. The van der Waals surface area contributed by atoms with E-state index in [4.69, 9.17) is 0 Å². The second-order valence-electron chi connectivity index (χ2n) is 7.02. The van der Waals surface area contributed by atoms with Gasteiger partial charge in [-0.25, -0.2) is 0 Å². The second kappa shape index (κ2) is 10.2. The number of amides is 2. The molecule has 162 valence electrons. The fourth-order valence-corrected chi connectivity index (χ4v) is 4.26. The molecule has 9 heteroatoms. The van der Waals surface area contributed by atoms with Crippen LogP contribution in [-0.4, -0.2) is 57.8 Å². The molecular weight excluding hydrogens is 418 g/mol. The third-order valence-electron chi connectivity index (χ3n) is 5.00. The summed E-state index contributed by atoms with van der Waals surface area (Å²) in [5, 5.41) is 21.1. The summed E-state index contributed by atoms with van der Waals surface area (Å²) in [6.45, 7) is 3.28. The molecule has 2 aromatic rings. The number of carbonyl (C=O) groups is 2. The molecule has 1 aliphatic rings. The van der Waals surface area contributed by atoms with Crippen molar-refractivity contribution in [1.29, 1.82) is 0 Å². The van der Waals surface area contributed by atoms with E-state index in [1.165, 1.54) is 30.8 Å². The molecule has 2 aromatic carbocycles. The lowest BCUT2D eigenvalue weighted by molar-refractivity contribution is -0.387. The van der Waals surface area contributed by atoms with Crippen molar-refractivity contribution in [3.8, 4) is 0 Å². The number of nitro groups is 1. The fraction of sp³-hybridized carbons (Fsp3) is 0.273. The third kappa shape index (κ3) is 5.71. The number of aliphatic hydroxyl groups is 1. The maximum absolute atomic E-state index is 12.4. The monoisotopic (exact) mass is 441 g/mol. The Labute approximate surface area is 184 Å². The van der Waals surface area contributed by atoms with Gasteiger partial charge in [-0.3, -0.25) is 19.7 Å². The number of aliphatic hydroxyl groups excluding tert-OH is 1. The SMILES string of the molecule is CC(=O)N1CCN(C(=O)C=Cc2ccc(Sc3ccccc3CO)c([N+](=O)[O-])c2)CC1. The van der Waals surface area contributed by atoms with Gasteiger partial charge in [-0.05, 0) is 29.3 Å². The van der Waals surface area contributed by atoms with Crippen LogP contribution >= 0.6 is 11.8 Å². The number of hydrogen-bond acceptors (Lipinski definition) is 6. The van der Waals surface area contributed by atoms with Gasteiger partial charge in [-0.1, -0.05) is 36.0 Å². The van der Waals surface area contributed by atoms with Crippen molar-refractivity contribution < 1.29 is 19.6 Å². The van der Waals surface area contributed by atoms with Crippen molar-refractivity contribution in [2.75, 3.05) is 26.2 Å². The minimum absolute atomic E-state index is 0.00507. The molecule has 1 heterocycles. The van der Waals surface area contributed by atoms with Gasteiger partial charge in [0.2, 0.25) is 11.8 Å². The first-order chi connectivity index (χ1) is 14.9. The lowest BCUT2D eigenvalue weighted by Gasteiger charge is -2.33. The third-order valence-corrected chi connectivity index (χ3v) is 6.18. The summed E-state index contributed by atoms with van der Waals surface area (Å²) in [6, 6.07) is 12.0. The average Bonchev–Trinajstić information content (AvgIpc) is 2.78. The number of benzene rings is 2. The number of rotatable bonds is 6. The van der Waals surface area contributed by atoms with Crippen LogP contribution < -0.4 is 0 Å². The van der Waals surface area contributed by atoms with Crippen LogP contribution in [-0.2, 0) is 16.2 Å². The molecule has 0 aromatic heterocycles. The highest BCUT2D eigenvalue weighted by atomic mass is 32.2. The van der Waals surface area contributed by atoms with Crippen molar-refractivity contribution >= 4 is 35.3 Å². The van der Waals surface area contributed by atoms with E-state index in [1.54, 1.807) is 46.2 Å². The number of nitro benzene ring substituents is 1. The van der Waals surface area contributed by atoms with E-state index in [2.05, 4.69) is 0 Å². The van der Waals surface area contributed by atoms with Crippen molar-refractivity contribution in [2.45, 2.75) is 23.3 Å². The lowest BCUT2D eigenvalue weighted by atomic mass is 10.2. The summed E-state index contributed by atoms with van der Waals surface area (Å²) in [6.07, 6.45) is 2.96. The normalized spacial score (nSPS) is 14.1. The number of carbonyl (C=O) groups excluding carboxylic acids is 2. The molecule has 0 unspecified atom stereocenters. The molecule has 1 N–H and O–H groups in total. The molecule has 3 rings (SSSR count). The highest BCUT2D eigenvalue weighted by Crippen LogP contribution is 2.37. The highest BCUT2D eigenvalue weighted by molar-refractivity contribution is 7.99. The summed E-state index contributed by atoms with van der Waals surface area (Å²) in [5.74, 6) is -0.198. The van der Waals surface area contributed by atoms with Crippen molar-refractivity contribution in [1.82, 2.24) is 9.80 Å². The zero-order chi connectivity index (χ0) is 22.4. The van der Waals surface area contributed by atoms with E-state index in [9.17, 15) is 24.8 Å².